The van der Waals surface area contributed by atoms with E-state index in [1.807, 2.05) is 39.0 Å². The Labute approximate surface area is 115 Å². The summed E-state index contributed by atoms with van der Waals surface area (Å²) in [5, 5.41) is 15.4. The zero-order chi connectivity index (χ0) is 14.3. The summed E-state index contributed by atoms with van der Waals surface area (Å²) in [6.07, 6.45) is 1.18. The number of rotatable bonds is 7. The molecule has 0 fully saturated rings. The molecule has 0 aliphatic heterocycles. The number of anilines is 1. The lowest BCUT2D eigenvalue weighted by Gasteiger charge is -2.14. The zero-order valence-electron chi connectivity index (χ0n) is 12.0. The minimum absolute atomic E-state index is 0.0993. The second-order valence-corrected chi connectivity index (χ2v) is 4.87. The molecule has 1 amide bonds. The first-order chi connectivity index (χ1) is 9.04. The Kier molecular flexibility index (Phi) is 6.36. The predicted octanol–water partition coefficient (Wildman–Crippen LogP) is 1.99. The lowest BCUT2D eigenvalue weighted by molar-refractivity contribution is -0.119. The highest BCUT2D eigenvalue weighted by Gasteiger charge is 2.07. The standard InChI is InChI=1S/C15H24N2O2/c1-4-6-13(18)9-16-14(19)10-17-15-11(2)7-5-8-12(15)3/h5,7-8,13,17-18H,4,6,9-10H2,1-3H3,(H,16,19). The summed E-state index contributed by atoms with van der Waals surface area (Å²) >= 11 is 0. The Hall–Kier alpha value is -1.55. The van der Waals surface area contributed by atoms with E-state index in [-0.39, 0.29) is 12.5 Å². The van der Waals surface area contributed by atoms with Gasteiger partial charge in [-0.2, -0.15) is 0 Å². The van der Waals surface area contributed by atoms with Crippen LogP contribution >= 0.6 is 0 Å². The van der Waals surface area contributed by atoms with Crippen molar-refractivity contribution >= 4 is 11.6 Å². The molecule has 0 saturated carbocycles. The van der Waals surface area contributed by atoms with Crippen LogP contribution in [0.5, 0.6) is 0 Å². The van der Waals surface area contributed by atoms with Gasteiger partial charge in [0.05, 0.1) is 12.6 Å². The summed E-state index contributed by atoms with van der Waals surface area (Å²) in [6, 6.07) is 6.02. The largest absolute Gasteiger partial charge is 0.391 e. The number of benzene rings is 1. The molecule has 0 saturated heterocycles. The Balaban J connectivity index is 2.38. The molecule has 1 unspecified atom stereocenters. The second kappa shape index (κ2) is 7.79. The second-order valence-electron chi connectivity index (χ2n) is 4.87. The number of aliphatic hydroxyl groups is 1. The highest BCUT2D eigenvalue weighted by atomic mass is 16.3. The molecule has 0 spiro atoms. The fraction of sp³-hybridized carbons (Fsp3) is 0.533. The fourth-order valence-corrected chi connectivity index (χ4v) is 1.99. The number of carbonyl (C=O) groups excluding carboxylic acids is 1. The number of nitrogens with one attached hydrogen (secondary N) is 2. The van der Waals surface area contributed by atoms with Crippen LogP contribution in [0, 0.1) is 13.8 Å². The van der Waals surface area contributed by atoms with Gasteiger partial charge in [0.2, 0.25) is 5.91 Å². The summed E-state index contributed by atoms with van der Waals surface area (Å²) in [7, 11) is 0. The number of aliphatic hydroxyl groups excluding tert-OH is 1. The fourth-order valence-electron chi connectivity index (χ4n) is 1.99. The van der Waals surface area contributed by atoms with Gasteiger partial charge >= 0.3 is 0 Å². The average Bonchev–Trinajstić information content (AvgIpc) is 2.36. The highest BCUT2D eigenvalue weighted by molar-refractivity contribution is 5.81. The number of amides is 1. The van der Waals surface area contributed by atoms with Crippen LogP contribution in [0.4, 0.5) is 5.69 Å². The molecule has 106 valence electrons. The van der Waals surface area contributed by atoms with Crippen molar-refractivity contribution in [3.8, 4) is 0 Å². The van der Waals surface area contributed by atoms with Gasteiger partial charge in [0.1, 0.15) is 0 Å². The van der Waals surface area contributed by atoms with E-state index < -0.39 is 6.10 Å². The zero-order valence-corrected chi connectivity index (χ0v) is 12.0. The average molecular weight is 264 g/mol. The first-order valence-electron chi connectivity index (χ1n) is 6.79. The van der Waals surface area contributed by atoms with Crippen molar-refractivity contribution in [3.05, 3.63) is 29.3 Å². The lowest BCUT2D eigenvalue weighted by Crippen LogP contribution is -2.35. The summed E-state index contributed by atoms with van der Waals surface area (Å²) in [5.74, 6) is -0.0993. The summed E-state index contributed by atoms with van der Waals surface area (Å²) in [6.45, 7) is 6.58. The van der Waals surface area contributed by atoms with Crippen molar-refractivity contribution in [2.75, 3.05) is 18.4 Å². The SMILES string of the molecule is CCCC(O)CNC(=O)CNc1c(C)cccc1C. The summed E-state index contributed by atoms with van der Waals surface area (Å²) in [4.78, 5) is 11.7. The van der Waals surface area contributed by atoms with Crippen molar-refractivity contribution in [2.45, 2.75) is 39.7 Å². The molecule has 0 radical (unpaired) electrons. The minimum Gasteiger partial charge on any atom is -0.391 e. The summed E-state index contributed by atoms with van der Waals surface area (Å²) < 4.78 is 0. The predicted molar refractivity (Wildman–Crippen MR) is 78.3 cm³/mol. The van der Waals surface area contributed by atoms with E-state index >= 15 is 0 Å². The quantitative estimate of drug-likeness (QED) is 0.706. The van der Waals surface area contributed by atoms with E-state index in [0.29, 0.717) is 13.0 Å². The third kappa shape index (κ3) is 5.30. The third-order valence-corrected chi connectivity index (χ3v) is 3.06. The number of carbonyl (C=O) groups is 1. The van der Waals surface area contributed by atoms with Gasteiger partial charge in [-0.1, -0.05) is 31.5 Å². The maximum absolute atomic E-state index is 11.7. The van der Waals surface area contributed by atoms with Gasteiger partial charge in [-0.3, -0.25) is 4.79 Å². The molecule has 19 heavy (non-hydrogen) atoms. The smallest absolute Gasteiger partial charge is 0.239 e. The van der Waals surface area contributed by atoms with Crippen LogP contribution in [0.15, 0.2) is 18.2 Å². The molecular weight excluding hydrogens is 240 g/mol. The van der Waals surface area contributed by atoms with Crippen LogP contribution in [-0.4, -0.2) is 30.2 Å². The van der Waals surface area contributed by atoms with Gasteiger partial charge in [0.25, 0.3) is 0 Å². The van der Waals surface area contributed by atoms with Crippen LogP contribution in [0.3, 0.4) is 0 Å². The topological polar surface area (TPSA) is 61.4 Å². The maximum Gasteiger partial charge on any atom is 0.239 e. The number of hydrogen-bond donors (Lipinski definition) is 3. The van der Waals surface area contributed by atoms with E-state index in [4.69, 9.17) is 0 Å². The maximum atomic E-state index is 11.7. The first kappa shape index (κ1) is 15.5. The molecule has 4 heteroatoms. The molecule has 0 aliphatic rings. The van der Waals surface area contributed by atoms with Gasteiger partial charge in [-0.15, -0.1) is 0 Å². The van der Waals surface area contributed by atoms with Gasteiger partial charge in [0, 0.05) is 12.2 Å². The van der Waals surface area contributed by atoms with Gasteiger partial charge in [-0.05, 0) is 31.4 Å². The number of aryl methyl sites for hydroxylation is 2. The van der Waals surface area contributed by atoms with Crippen LogP contribution < -0.4 is 10.6 Å². The molecular formula is C15H24N2O2. The van der Waals surface area contributed by atoms with Crippen molar-refractivity contribution in [1.29, 1.82) is 0 Å². The molecule has 0 aliphatic carbocycles. The molecule has 1 atom stereocenters. The molecule has 1 aromatic rings. The first-order valence-corrected chi connectivity index (χ1v) is 6.79. The van der Waals surface area contributed by atoms with Crippen LogP contribution in [0.25, 0.3) is 0 Å². The van der Waals surface area contributed by atoms with Gasteiger partial charge in [0.15, 0.2) is 0 Å². The van der Waals surface area contributed by atoms with E-state index in [1.165, 1.54) is 0 Å². The van der Waals surface area contributed by atoms with Crippen LogP contribution in [0.1, 0.15) is 30.9 Å². The minimum atomic E-state index is -0.450. The normalized spacial score (nSPS) is 12.0. The molecule has 0 aromatic heterocycles. The third-order valence-electron chi connectivity index (χ3n) is 3.06. The van der Waals surface area contributed by atoms with Gasteiger partial charge < -0.3 is 15.7 Å². The Bertz CT molecular complexity index is 398. The van der Waals surface area contributed by atoms with E-state index in [2.05, 4.69) is 10.6 Å². The lowest BCUT2D eigenvalue weighted by atomic mass is 10.1. The number of hydrogen-bond acceptors (Lipinski definition) is 3. The van der Waals surface area contributed by atoms with Crippen molar-refractivity contribution in [1.82, 2.24) is 5.32 Å². The van der Waals surface area contributed by atoms with Crippen molar-refractivity contribution in [3.63, 3.8) is 0 Å². The Morgan fingerprint density at radius 3 is 2.53 bits per heavy atom. The van der Waals surface area contributed by atoms with Crippen LogP contribution in [0.2, 0.25) is 0 Å². The number of para-hydroxylation sites is 1. The molecule has 4 nitrogen and oxygen atoms in total. The monoisotopic (exact) mass is 264 g/mol. The summed E-state index contributed by atoms with van der Waals surface area (Å²) in [5.41, 5.74) is 3.25. The van der Waals surface area contributed by atoms with Crippen molar-refractivity contribution in [2.24, 2.45) is 0 Å². The Morgan fingerprint density at radius 1 is 1.32 bits per heavy atom. The van der Waals surface area contributed by atoms with E-state index in [9.17, 15) is 9.90 Å². The molecule has 0 heterocycles. The van der Waals surface area contributed by atoms with Gasteiger partial charge in [-0.25, -0.2) is 0 Å². The van der Waals surface area contributed by atoms with E-state index in [1.54, 1.807) is 0 Å². The molecule has 1 aromatic carbocycles. The molecule has 3 N–H and O–H groups in total. The van der Waals surface area contributed by atoms with Crippen molar-refractivity contribution < 1.29 is 9.90 Å². The highest BCUT2D eigenvalue weighted by Crippen LogP contribution is 2.18. The molecule has 1 rings (SSSR count). The Morgan fingerprint density at radius 2 is 1.95 bits per heavy atom. The molecule has 0 bridgehead atoms. The van der Waals surface area contributed by atoms with Crippen LogP contribution in [-0.2, 0) is 4.79 Å². The van der Waals surface area contributed by atoms with E-state index in [0.717, 1.165) is 23.2 Å².